The van der Waals surface area contributed by atoms with Gasteiger partial charge in [0.15, 0.2) is 0 Å². The number of nitrogens with one attached hydrogen (secondary N) is 1. The lowest BCUT2D eigenvalue weighted by atomic mass is 10.1. The van der Waals surface area contributed by atoms with Crippen LogP contribution in [-0.4, -0.2) is 12.6 Å². The summed E-state index contributed by atoms with van der Waals surface area (Å²) in [5.74, 6) is 0.783. The van der Waals surface area contributed by atoms with E-state index >= 15 is 0 Å². The highest BCUT2D eigenvalue weighted by atomic mass is 15.0. The van der Waals surface area contributed by atoms with E-state index in [4.69, 9.17) is 0 Å². The van der Waals surface area contributed by atoms with Gasteiger partial charge < -0.3 is 5.32 Å². The lowest BCUT2D eigenvalue weighted by Gasteiger charge is -1.99. The summed E-state index contributed by atoms with van der Waals surface area (Å²) in [5, 5.41) is 3.47. The Hall–Kier alpha value is -0.820. The van der Waals surface area contributed by atoms with Gasteiger partial charge >= 0.3 is 0 Å². The van der Waals surface area contributed by atoms with Crippen LogP contribution >= 0.6 is 0 Å². The summed E-state index contributed by atoms with van der Waals surface area (Å²) in [7, 11) is 0. The minimum atomic E-state index is 0.748. The van der Waals surface area contributed by atoms with Crippen LogP contribution in [0.1, 0.15) is 24.8 Å². The molecular weight excluding hydrogens is 146 g/mol. The van der Waals surface area contributed by atoms with Gasteiger partial charge in [0.25, 0.3) is 0 Å². The molecule has 1 heteroatoms. The molecule has 1 nitrogen and oxygen atoms in total. The first-order valence-electron chi connectivity index (χ1n) is 4.70. The van der Waals surface area contributed by atoms with Crippen LogP contribution in [0.4, 0.5) is 0 Å². The molecule has 1 N–H and O–H groups in total. The van der Waals surface area contributed by atoms with Crippen molar-refractivity contribution in [2.24, 2.45) is 0 Å². The van der Waals surface area contributed by atoms with Crippen molar-refractivity contribution in [2.75, 3.05) is 6.54 Å². The van der Waals surface area contributed by atoms with Crippen LogP contribution < -0.4 is 5.32 Å². The van der Waals surface area contributed by atoms with Gasteiger partial charge in [-0.25, -0.2) is 0 Å². The van der Waals surface area contributed by atoms with Crippen molar-refractivity contribution < 1.29 is 0 Å². The highest BCUT2D eigenvalue weighted by Crippen LogP contribution is 2.40. The fourth-order valence-corrected chi connectivity index (χ4v) is 1.75. The zero-order valence-corrected chi connectivity index (χ0v) is 7.46. The van der Waals surface area contributed by atoms with E-state index in [2.05, 4.69) is 42.6 Å². The topological polar surface area (TPSA) is 12.0 Å². The highest BCUT2D eigenvalue weighted by molar-refractivity contribution is 5.27. The molecular formula is C11H15N. The van der Waals surface area contributed by atoms with E-state index in [1.807, 2.05) is 0 Å². The number of rotatable bonds is 3. The molecule has 1 fully saturated rings. The van der Waals surface area contributed by atoms with Gasteiger partial charge in [0, 0.05) is 12.0 Å². The summed E-state index contributed by atoms with van der Waals surface area (Å²) < 4.78 is 0. The lowest BCUT2D eigenvalue weighted by molar-refractivity contribution is 0.703. The maximum absolute atomic E-state index is 3.47. The molecule has 0 heterocycles. The standard InChI is InChI=1S/C11H15N/c1-2-12-11-8-10(11)9-6-4-3-5-7-9/h3-7,10-12H,2,8H2,1H3/t10-,11+/m0/s1. The molecule has 2 rings (SSSR count). The molecule has 12 heavy (non-hydrogen) atoms. The quantitative estimate of drug-likeness (QED) is 0.716. The van der Waals surface area contributed by atoms with Crippen LogP contribution in [0, 0.1) is 0 Å². The molecule has 0 unspecified atom stereocenters. The third-order valence-electron chi connectivity index (χ3n) is 2.48. The monoisotopic (exact) mass is 161 g/mol. The third-order valence-corrected chi connectivity index (χ3v) is 2.48. The molecule has 0 bridgehead atoms. The van der Waals surface area contributed by atoms with Crippen LogP contribution in [-0.2, 0) is 0 Å². The summed E-state index contributed by atoms with van der Waals surface area (Å²) in [6, 6.07) is 11.5. The van der Waals surface area contributed by atoms with Crippen LogP contribution in [0.3, 0.4) is 0 Å². The van der Waals surface area contributed by atoms with E-state index in [0.717, 1.165) is 18.5 Å². The molecule has 0 radical (unpaired) electrons. The number of benzene rings is 1. The SMILES string of the molecule is CCN[C@@H]1C[C@H]1c1ccccc1. The summed E-state index contributed by atoms with van der Waals surface area (Å²) in [6.45, 7) is 3.26. The summed E-state index contributed by atoms with van der Waals surface area (Å²) >= 11 is 0. The summed E-state index contributed by atoms with van der Waals surface area (Å²) in [6.07, 6.45) is 1.32. The van der Waals surface area contributed by atoms with Crippen molar-refractivity contribution in [3.05, 3.63) is 35.9 Å². The largest absolute Gasteiger partial charge is 0.314 e. The first-order chi connectivity index (χ1) is 5.92. The number of hydrogen-bond acceptors (Lipinski definition) is 1. The molecule has 1 aliphatic carbocycles. The van der Waals surface area contributed by atoms with Gasteiger partial charge in [-0.2, -0.15) is 0 Å². The maximum Gasteiger partial charge on any atom is 0.0143 e. The molecule has 0 spiro atoms. The first kappa shape index (κ1) is 7.81. The minimum Gasteiger partial charge on any atom is -0.314 e. The molecule has 0 aromatic heterocycles. The highest BCUT2D eigenvalue weighted by Gasteiger charge is 2.36. The van der Waals surface area contributed by atoms with E-state index < -0.39 is 0 Å². The van der Waals surface area contributed by atoms with Gasteiger partial charge in [-0.05, 0) is 18.5 Å². The fraction of sp³-hybridized carbons (Fsp3) is 0.455. The van der Waals surface area contributed by atoms with Crippen LogP contribution in [0.5, 0.6) is 0 Å². The molecule has 0 aliphatic heterocycles. The lowest BCUT2D eigenvalue weighted by Crippen LogP contribution is -2.16. The van der Waals surface area contributed by atoms with Crippen LogP contribution in [0.25, 0.3) is 0 Å². The Kier molecular flexibility index (Phi) is 2.13. The van der Waals surface area contributed by atoms with Crippen LogP contribution in [0.2, 0.25) is 0 Å². The third kappa shape index (κ3) is 1.51. The molecule has 2 atom stereocenters. The average molecular weight is 161 g/mol. The van der Waals surface area contributed by atoms with Crippen molar-refractivity contribution in [1.82, 2.24) is 5.32 Å². The predicted molar refractivity (Wildman–Crippen MR) is 51.3 cm³/mol. The van der Waals surface area contributed by atoms with Gasteiger partial charge in [0.05, 0.1) is 0 Å². The van der Waals surface area contributed by atoms with E-state index in [1.54, 1.807) is 0 Å². The molecule has 1 aliphatic rings. The van der Waals surface area contributed by atoms with E-state index in [0.29, 0.717) is 0 Å². The van der Waals surface area contributed by atoms with Gasteiger partial charge in [-0.1, -0.05) is 37.3 Å². The average Bonchev–Trinajstić information content (AvgIpc) is 2.87. The second-order valence-corrected chi connectivity index (χ2v) is 3.42. The zero-order chi connectivity index (χ0) is 8.39. The zero-order valence-electron chi connectivity index (χ0n) is 7.46. The maximum atomic E-state index is 3.47. The summed E-state index contributed by atoms with van der Waals surface area (Å²) in [5.41, 5.74) is 1.49. The Morgan fingerprint density at radius 3 is 2.75 bits per heavy atom. The Morgan fingerprint density at radius 1 is 1.33 bits per heavy atom. The Labute approximate surface area is 73.8 Å². The second-order valence-electron chi connectivity index (χ2n) is 3.42. The number of hydrogen-bond donors (Lipinski definition) is 1. The van der Waals surface area contributed by atoms with E-state index in [-0.39, 0.29) is 0 Å². The molecule has 64 valence electrons. The van der Waals surface area contributed by atoms with Crippen molar-refractivity contribution in [3.63, 3.8) is 0 Å². The van der Waals surface area contributed by atoms with Crippen molar-refractivity contribution in [3.8, 4) is 0 Å². The van der Waals surface area contributed by atoms with Gasteiger partial charge in [0.2, 0.25) is 0 Å². The smallest absolute Gasteiger partial charge is 0.0143 e. The molecule has 1 saturated carbocycles. The normalized spacial score (nSPS) is 27.1. The van der Waals surface area contributed by atoms with Crippen LogP contribution in [0.15, 0.2) is 30.3 Å². The first-order valence-corrected chi connectivity index (χ1v) is 4.70. The predicted octanol–water partition coefficient (Wildman–Crippen LogP) is 2.15. The molecule has 0 amide bonds. The molecule has 0 saturated heterocycles. The Morgan fingerprint density at radius 2 is 2.08 bits per heavy atom. The minimum absolute atomic E-state index is 0.748. The fourth-order valence-electron chi connectivity index (χ4n) is 1.75. The second kappa shape index (κ2) is 3.28. The number of likely N-dealkylation sites (N-methyl/N-ethyl adjacent to an activating group) is 1. The van der Waals surface area contributed by atoms with Gasteiger partial charge in [-0.15, -0.1) is 0 Å². The van der Waals surface area contributed by atoms with Crippen molar-refractivity contribution >= 4 is 0 Å². The van der Waals surface area contributed by atoms with Crippen molar-refractivity contribution in [2.45, 2.75) is 25.3 Å². The molecule has 1 aromatic rings. The molecule has 1 aromatic carbocycles. The van der Waals surface area contributed by atoms with E-state index in [9.17, 15) is 0 Å². The Balaban J connectivity index is 1.97. The van der Waals surface area contributed by atoms with Gasteiger partial charge in [-0.3, -0.25) is 0 Å². The van der Waals surface area contributed by atoms with Gasteiger partial charge in [0.1, 0.15) is 0 Å². The summed E-state index contributed by atoms with van der Waals surface area (Å²) in [4.78, 5) is 0. The van der Waals surface area contributed by atoms with E-state index in [1.165, 1.54) is 12.0 Å². The van der Waals surface area contributed by atoms with Crippen molar-refractivity contribution in [1.29, 1.82) is 0 Å². The Bertz CT molecular complexity index is 242.